The largest absolute Gasteiger partial charge is 0.383 e. The second-order valence-electron chi connectivity index (χ2n) is 11.5. The van der Waals surface area contributed by atoms with Gasteiger partial charge in [-0.3, -0.25) is 14.5 Å². The molecule has 0 aliphatic carbocycles. The first kappa shape index (κ1) is 30.2. The maximum absolute atomic E-state index is 15.8. The maximum Gasteiger partial charge on any atom is 0.242 e. The lowest BCUT2D eigenvalue weighted by Gasteiger charge is -2.40. The number of nitrogens with one attached hydrogen (secondary N) is 1. The van der Waals surface area contributed by atoms with E-state index in [-0.39, 0.29) is 52.3 Å². The first-order chi connectivity index (χ1) is 18.9. The third kappa shape index (κ3) is 5.42. The Kier molecular flexibility index (Phi) is 8.77. The quantitative estimate of drug-likeness (QED) is 0.442. The van der Waals surface area contributed by atoms with Gasteiger partial charge in [0.15, 0.2) is 0 Å². The lowest BCUT2D eigenvalue weighted by atomic mass is 9.62. The van der Waals surface area contributed by atoms with Crippen molar-refractivity contribution in [1.82, 2.24) is 15.1 Å². The molecule has 2 heterocycles. The summed E-state index contributed by atoms with van der Waals surface area (Å²) >= 11 is 12.3. The van der Waals surface area contributed by atoms with E-state index in [9.17, 15) is 14.9 Å². The molecule has 4 atom stereocenters. The van der Waals surface area contributed by atoms with E-state index in [4.69, 9.17) is 27.9 Å². The third-order valence-corrected chi connectivity index (χ3v) is 8.16. The van der Waals surface area contributed by atoms with E-state index in [1.165, 1.54) is 36.3 Å². The van der Waals surface area contributed by atoms with Crippen molar-refractivity contribution >= 4 is 35.0 Å². The molecule has 4 rings (SSSR count). The van der Waals surface area contributed by atoms with Gasteiger partial charge in [-0.15, -0.1) is 0 Å². The number of fused-ring (bicyclic) bond motifs is 1. The van der Waals surface area contributed by atoms with Crippen LogP contribution in [-0.4, -0.2) is 67.2 Å². The number of hydrogen-bond donors (Lipinski definition) is 1. The Hall–Kier alpha value is -2.77. The van der Waals surface area contributed by atoms with Gasteiger partial charge >= 0.3 is 0 Å². The van der Waals surface area contributed by atoms with Crippen LogP contribution in [0.3, 0.4) is 0 Å². The molecule has 2 aliphatic rings. The number of methoxy groups -OCH3 is 1. The normalized spacial score (nSPS) is 24.7. The van der Waals surface area contributed by atoms with Gasteiger partial charge in [-0.1, -0.05) is 62.2 Å². The number of amides is 2. The van der Waals surface area contributed by atoms with E-state index < -0.39 is 41.0 Å². The van der Waals surface area contributed by atoms with Crippen molar-refractivity contribution in [3.63, 3.8) is 0 Å². The predicted octanol–water partition coefficient (Wildman–Crippen LogP) is 4.87. The molecule has 0 spiro atoms. The summed E-state index contributed by atoms with van der Waals surface area (Å²) in [4.78, 5) is 29.8. The van der Waals surface area contributed by atoms with E-state index in [2.05, 4.69) is 11.4 Å². The fourth-order valence-electron chi connectivity index (χ4n) is 6.09. The van der Waals surface area contributed by atoms with Gasteiger partial charge < -0.3 is 15.0 Å². The molecule has 2 aliphatic heterocycles. The molecule has 214 valence electrons. The molecule has 2 aromatic rings. The van der Waals surface area contributed by atoms with Crippen LogP contribution < -0.4 is 5.32 Å². The summed E-state index contributed by atoms with van der Waals surface area (Å²) in [7, 11) is 1.51. The average molecular weight is 594 g/mol. The summed E-state index contributed by atoms with van der Waals surface area (Å²) in [5.41, 5.74) is -1.98. The van der Waals surface area contributed by atoms with E-state index >= 15 is 8.78 Å². The Balaban J connectivity index is 1.91. The lowest BCUT2D eigenvalue weighted by molar-refractivity contribution is -0.134. The number of nitriles is 1. The Labute approximate surface area is 243 Å². The molecule has 2 saturated heterocycles. The monoisotopic (exact) mass is 592 g/mol. The fourth-order valence-corrected chi connectivity index (χ4v) is 6.43. The van der Waals surface area contributed by atoms with Crippen LogP contribution in [0.2, 0.25) is 10.0 Å². The number of rotatable bonds is 8. The van der Waals surface area contributed by atoms with Crippen molar-refractivity contribution in [2.75, 3.05) is 33.5 Å². The molecule has 0 saturated carbocycles. The minimum Gasteiger partial charge on any atom is -0.383 e. The summed E-state index contributed by atoms with van der Waals surface area (Å²) in [5.74, 6) is -3.45. The number of halogens is 4. The van der Waals surface area contributed by atoms with Crippen LogP contribution in [0.1, 0.15) is 44.2 Å². The van der Waals surface area contributed by atoms with E-state index in [1.54, 1.807) is 6.07 Å². The number of benzene rings is 2. The average Bonchev–Trinajstić information content (AvgIpc) is 3.31. The zero-order chi connectivity index (χ0) is 29.4. The van der Waals surface area contributed by atoms with Gasteiger partial charge in [-0.25, -0.2) is 8.78 Å². The number of ether oxygens (including phenoxy) is 1. The van der Waals surface area contributed by atoms with Gasteiger partial charge in [0, 0.05) is 36.2 Å². The zero-order valence-corrected chi connectivity index (χ0v) is 24.3. The second kappa shape index (κ2) is 11.6. The molecular weight excluding hydrogens is 561 g/mol. The van der Waals surface area contributed by atoms with Gasteiger partial charge in [0.05, 0.1) is 24.4 Å². The number of carbonyl (C=O) groups is 2. The molecule has 2 fully saturated rings. The predicted molar refractivity (Wildman–Crippen MR) is 148 cm³/mol. The molecule has 7 nitrogen and oxygen atoms in total. The van der Waals surface area contributed by atoms with E-state index in [1.807, 2.05) is 25.7 Å². The minimum atomic E-state index is -1.68. The van der Waals surface area contributed by atoms with Crippen LogP contribution >= 0.6 is 23.2 Å². The summed E-state index contributed by atoms with van der Waals surface area (Å²) < 4.78 is 36.5. The molecule has 2 aromatic carbocycles. The molecule has 0 unspecified atom stereocenters. The van der Waals surface area contributed by atoms with Crippen LogP contribution in [0, 0.1) is 28.4 Å². The van der Waals surface area contributed by atoms with Crippen molar-refractivity contribution in [1.29, 1.82) is 5.26 Å². The minimum absolute atomic E-state index is 0.0132. The first-order valence-electron chi connectivity index (χ1n) is 13.0. The Morgan fingerprint density at radius 3 is 2.60 bits per heavy atom. The van der Waals surface area contributed by atoms with Gasteiger partial charge in [-0.2, -0.15) is 5.26 Å². The Bertz CT molecular complexity index is 1350. The van der Waals surface area contributed by atoms with E-state index in [0.29, 0.717) is 13.0 Å². The van der Waals surface area contributed by atoms with Gasteiger partial charge in [-0.05, 0) is 35.6 Å². The SMILES string of the molecule is COCCNC(=O)CN1CN2[C@@H](CC(C)(C)C)[C@](C#N)(c3ccc(Cl)cc3F)[C@@H](c3cccc(Cl)c3F)[C@@H]2C1=O. The topological polar surface area (TPSA) is 85.7 Å². The highest BCUT2D eigenvalue weighted by atomic mass is 35.5. The van der Waals surface area contributed by atoms with Crippen LogP contribution in [0.25, 0.3) is 0 Å². The highest BCUT2D eigenvalue weighted by molar-refractivity contribution is 6.31. The van der Waals surface area contributed by atoms with Crippen molar-refractivity contribution in [3.8, 4) is 6.07 Å². The summed E-state index contributed by atoms with van der Waals surface area (Å²) in [6, 6.07) is 9.07. The Morgan fingerprint density at radius 2 is 1.98 bits per heavy atom. The third-order valence-electron chi connectivity index (χ3n) is 7.64. The summed E-state index contributed by atoms with van der Waals surface area (Å²) in [6.07, 6.45) is 0.374. The molecule has 40 heavy (non-hydrogen) atoms. The molecular formula is C29H32Cl2F2N4O3. The van der Waals surface area contributed by atoms with Gasteiger partial charge in [0.25, 0.3) is 0 Å². The summed E-state index contributed by atoms with van der Waals surface area (Å²) in [5, 5.41) is 13.6. The fraction of sp³-hybridized carbons (Fsp3) is 0.483. The van der Waals surface area contributed by atoms with Gasteiger partial charge in [0.1, 0.15) is 29.6 Å². The van der Waals surface area contributed by atoms with Crippen molar-refractivity contribution in [3.05, 3.63) is 69.2 Å². The maximum atomic E-state index is 15.8. The molecule has 0 radical (unpaired) electrons. The smallest absolute Gasteiger partial charge is 0.242 e. The molecule has 11 heteroatoms. The zero-order valence-electron chi connectivity index (χ0n) is 22.8. The number of hydrogen-bond acceptors (Lipinski definition) is 5. The van der Waals surface area contributed by atoms with Crippen molar-refractivity contribution < 1.29 is 23.1 Å². The highest BCUT2D eigenvalue weighted by Gasteiger charge is 2.67. The van der Waals surface area contributed by atoms with Crippen LogP contribution in [0.5, 0.6) is 0 Å². The standard InChI is InChI=1S/C29H32Cl2F2N4O3/c1-28(2,3)13-22-29(15-34,19-9-8-17(30)12-21(19)32)24(18-6-5-7-20(31)25(18)33)26-27(39)36(16-37(22)26)14-23(38)35-10-11-40-4/h5-9,12,22,24,26H,10-11,13-14,16H2,1-4H3,(H,35,38)/t22-,24-,26+,29-/m0/s1. The first-order valence-corrected chi connectivity index (χ1v) is 13.7. The molecule has 1 N–H and O–H groups in total. The van der Waals surface area contributed by atoms with Crippen molar-refractivity contribution in [2.45, 2.75) is 50.6 Å². The lowest BCUT2D eigenvalue weighted by Crippen LogP contribution is -2.49. The second-order valence-corrected chi connectivity index (χ2v) is 12.3. The molecule has 2 amide bonds. The number of carbonyl (C=O) groups excluding carboxylic acids is 2. The van der Waals surface area contributed by atoms with Crippen molar-refractivity contribution in [2.24, 2.45) is 5.41 Å². The van der Waals surface area contributed by atoms with Crippen LogP contribution in [0.15, 0.2) is 36.4 Å². The van der Waals surface area contributed by atoms with E-state index in [0.717, 1.165) is 6.07 Å². The number of nitrogens with zero attached hydrogens (tertiary/aromatic N) is 3. The molecule has 0 aromatic heterocycles. The summed E-state index contributed by atoms with van der Waals surface area (Å²) in [6.45, 7) is 6.32. The molecule has 0 bridgehead atoms. The van der Waals surface area contributed by atoms with Gasteiger partial charge in [0.2, 0.25) is 11.8 Å². The Morgan fingerprint density at radius 1 is 1.25 bits per heavy atom. The highest BCUT2D eigenvalue weighted by Crippen LogP contribution is 2.58. The van der Waals surface area contributed by atoms with Crippen LogP contribution in [-0.2, 0) is 19.7 Å². The van der Waals surface area contributed by atoms with Crippen LogP contribution in [0.4, 0.5) is 8.78 Å².